The maximum Gasteiger partial charge on any atom is 0.114 e. The van der Waals surface area contributed by atoms with E-state index in [9.17, 15) is 0 Å². The minimum atomic E-state index is -2.87. The van der Waals surface area contributed by atoms with E-state index in [1.807, 2.05) is 0 Å². The van der Waals surface area contributed by atoms with Crippen LogP contribution in [0, 0.1) is 0 Å². The summed E-state index contributed by atoms with van der Waals surface area (Å²) < 4.78 is 0. The van der Waals surface area contributed by atoms with Crippen molar-refractivity contribution < 1.29 is 14.7 Å². The maximum atomic E-state index is 8.70. The molecule has 2 N–H and O–H groups in total. The van der Waals surface area contributed by atoms with Crippen LogP contribution >= 0.6 is 15.9 Å². The van der Waals surface area contributed by atoms with Crippen LogP contribution in [0.4, 0.5) is 0 Å². The molecule has 0 saturated heterocycles. The summed E-state index contributed by atoms with van der Waals surface area (Å²) in [7, 11) is -4.88. The first-order chi connectivity index (χ1) is 19.1. The first-order valence-corrected chi connectivity index (χ1v) is 16.4. The molecule has 39 heavy (non-hydrogen) atoms. The van der Waals surface area contributed by atoms with Gasteiger partial charge < -0.3 is 14.7 Å². The lowest BCUT2D eigenvalue weighted by Gasteiger charge is -2.30. The first-order valence-electron chi connectivity index (χ1n) is 13.2. The zero-order valence-corrected chi connectivity index (χ0v) is 23.7. The first kappa shape index (κ1) is 27.4. The van der Waals surface area contributed by atoms with Crippen LogP contribution in [0.2, 0.25) is 0 Å². The van der Waals surface area contributed by atoms with Crippen molar-refractivity contribution in [3.05, 3.63) is 127 Å². The summed E-state index contributed by atoms with van der Waals surface area (Å²) >= 11 is 0. The second-order valence-corrected chi connectivity index (χ2v) is 13.7. The van der Waals surface area contributed by atoms with Crippen molar-refractivity contribution >= 4 is 64.1 Å². The molecule has 0 aliphatic rings. The molecular weight excluding hydrogens is 518 g/mol. The van der Waals surface area contributed by atoms with Crippen LogP contribution < -0.4 is 20.8 Å². The monoisotopic (exact) mass is 550 g/mol. The Labute approximate surface area is 231 Å². The van der Waals surface area contributed by atoms with Crippen molar-refractivity contribution in [2.75, 3.05) is 6.16 Å². The van der Waals surface area contributed by atoms with Gasteiger partial charge in [0.25, 0.3) is 0 Å². The van der Waals surface area contributed by atoms with Crippen LogP contribution in [0.3, 0.4) is 0 Å². The molecule has 3 nitrogen and oxygen atoms in total. The summed E-state index contributed by atoms with van der Waals surface area (Å²) in [4.78, 5) is 22.9. The number of hydrogen-bond acceptors (Lipinski definition) is 3. The Balaban J connectivity index is 0.000000723. The molecular formula is C34H32O3P2. The van der Waals surface area contributed by atoms with Gasteiger partial charge in [0.2, 0.25) is 0 Å². The molecule has 0 amide bonds. The van der Waals surface area contributed by atoms with Gasteiger partial charge in [0.15, 0.2) is 0 Å². The summed E-state index contributed by atoms with van der Waals surface area (Å²) in [5, 5.41) is 12.7. The number of rotatable bonds is 6. The third kappa shape index (κ3) is 5.48. The molecule has 0 saturated carbocycles. The molecule has 0 aliphatic heterocycles. The van der Waals surface area contributed by atoms with Gasteiger partial charge in [-0.05, 0) is 40.8 Å². The molecule has 0 aromatic heterocycles. The minimum absolute atomic E-state index is 1.17. The smallest absolute Gasteiger partial charge is 0.114 e. The molecule has 6 aromatic rings. The summed E-state index contributed by atoms with van der Waals surface area (Å²) in [6, 6.07) is 47.8. The molecule has 0 radical (unpaired) electrons. The van der Waals surface area contributed by atoms with Crippen LogP contribution in [0.25, 0.3) is 32.3 Å². The summed E-state index contributed by atoms with van der Waals surface area (Å²) in [6.07, 6.45) is 3.55. The topological polar surface area (TPSA) is 63.5 Å². The Hall–Kier alpha value is -3.16. The third-order valence-electron chi connectivity index (χ3n) is 7.38. The van der Waals surface area contributed by atoms with Gasteiger partial charge in [-0.25, -0.2) is 0 Å². The molecule has 0 unspecified atom stereocenters. The highest BCUT2D eigenvalue weighted by Crippen LogP contribution is 2.59. The SMILES string of the molecule is CCCC[P+](c1cccc2ccccc12)(c1cccc2ccccc12)c1cccc2ccccc12.[O-]P(O)O. The van der Waals surface area contributed by atoms with Gasteiger partial charge >= 0.3 is 0 Å². The Morgan fingerprint density at radius 2 is 0.846 bits per heavy atom. The van der Waals surface area contributed by atoms with Crippen LogP contribution in [0.15, 0.2) is 127 Å². The van der Waals surface area contributed by atoms with Crippen molar-refractivity contribution in [2.45, 2.75) is 19.8 Å². The van der Waals surface area contributed by atoms with Crippen LogP contribution in [0.1, 0.15) is 19.8 Å². The lowest BCUT2D eigenvalue weighted by atomic mass is 10.1. The van der Waals surface area contributed by atoms with E-state index in [1.54, 1.807) is 0 Å². The van der Waals surface area contributed by atoms with Crippen LogP contribution in [0.5, 0.6) is 0 Å². The molecule has 0 fully saturated rings. The van der Waals surface area contributed by atoms with Crippen LogP contribution in [-0.2, 0) is 0 Å². The average Bonchev–Trinajstić information content (AvgIpc) is 2.97. The highest BCUT2D eigenvalue weighted by molar-refractivity contribution is 7.96. The molecule has 0 atom stereocenters. The van der Waals surface area contributed by atoms with E-state index in [4.69, 9.17) is 14.7 Å². The van der Waals surface area contributed by atoms with E-state index in [0.29, 0.717) is 0 Å². The summed E-state index contributed by atoms with van der Waals surface area (Å²) in [5.41, 5.74) is 0. The lowest BCUT2D eigenvalue weighted by Crippen LogP contribution is -2.34. The largest absolute Gasteiger partial charge is 0.786 e. The van der Waals surface area contributed by atoms with E-state index in [-0.39, 0.29) is 0 Å². The predicted molar refractivity (Wildman–Crippen MR) is 169 cm³/mol. The lowest BCUT2D eigenvalue weighted by molar-refractivity contribution is -0.193. The zero-order valence-electron chi connectivity index (χ0n) is 21.9. The second kappa shape index (κ2) is 12.3. The second-order valence-electron chi connectivity index (χ2n) is 9.63. The average molecular weight is 551 g/mol. The van der Waals surface area contributed by atoms with Crippen molar-refractivity contribution in [3.8, 4) is 0 Å². The van der Waals surface area contributed by atoms with Gasteiger partial charge in [0, 0.05) is 16.2 Å². The number of fused-ring (bicyclic) bond motifs is 3. The molecule has 6 rings (SSSR count). The van der Waals surface area contributed by atoms with E-state index in [1.165, 1.54) is 67.2 Å². The fourth-order valence-electron chi connectivity index (χ4n) is 5.77. The molecule has 0 spiro atoms. The standard InChI is InChI=1S/C34H30P.H2O3P/c1-2-3-25-35(32-22-10-16-26-13-4-7-19-29(26)32,33-23-11-17-27-14-5-8-20-30(27)33)34-24-12-18-28-15-6-9-21-31(28)34;1-4(2)3/h4-24H,2-3,25H2,1H3;1-2H/q+1;-1. The third-order valence-corrected chi connectivity index (χ3v) is 12.0. The Bertz CT molecular complexity index is 1500. The molecule has 6 aromatic carbocycles. The fourth-order valence-corrected chi connectivity index (χ4v) is 10.9. The normalized spacial score (nSPS) is 11.6. The molecule has 0 aliphatic carbocycles. The van der Waals surface area contributed by atoms with Gasteiger partial charge in [-0.1, -0.05) is 123 Å². The van der Waals surface area contributed by atoms with E-state index in [0.717, 1.165) is 0 Å². The van der Waals surface area contributed by atoms with Gasteiger partial charge in [-0.15, -0.1) is 0 Å². The van der Waals surface area contributed by atoms with Gasteiger partial charge in [0.05, 0.1) is 14.8 Å². The quantitative estimate of drug-likeness (QED) is 0.224. The van der Waals surface area contributed by atoms with Crippen molar-refractivity contribution in [2.24, 2.45) is 0 Å². The number of hydrogen-bond donors (Lipinski definition) is 2. The minimum Gasteiger partial charge on any atom is -0.786 e. The zero-order chi connectivity index (χ0) is 27.2. The van der Waals surface area contributed by atoms with E-state index >= 15 is 0 Å². The Morgan fingerprint density at radius 3 is 1.18 bits per heavy atom. The van der Waals surface area contributed by atoms with E-state index < -0.39 is 15.9 Å². The van der Waals surface area contributed by atoms with Crippen LogP contribution in [-0.4, -0.2) is 15.9 Å². The van der Waals surface area contributed by atoms with Gasteiger partial charge in [-0.3, -0.25) is 0 Å². The molecule has 196 valence electrons. The Kier molecular flexibility index (Phi) is 8.68. The number of benzene rings is 6. The Morgan fingerprint density at radius 1 is 0.538 bits per heavy atom. The van der Waals surface area contributed by atoms with Crippen molar-refractivity contribution in [1.29, 1.82) is 0 Å². The van der Waals surface area contributed by atoms with Gasteiger partial charge in [0.1, 0.15) is 23.2 Å². The molecule has 0 bridgehead atoms. The maximum absolute atomic E-state index is 8.70. The highest BCUT2D eigenvalue weighted by Gasteiger charge is 2.47. The highest BCUT2D eigenvalue weighted by atomic mass is 31.2. The van der Waals surface area contributed by atoms with Crippen molar-refractivity contribution in [3.63, 3.8) is 0 Å². The number of unbranched alkanes of at least 4 members (excludes halogenated alkanes) is 1. The summed E-state index contributed by atoms with van der Waals surface area (Å²) in [6.45, 7) is 2.32. The van der Waals surface area contributed by atoms with Gasteiger partial charge in [-0.2, -0.15) is 0 Å². The van der Waals surface area contributed by atoms with Crippen molar-refractivity contribution in [1.82, 2.24) is 0 Å². The van der Waals surface area contributed by atoms with E-state index in [2.05, 4.69) is 134 Å². The molecule has 0 heterocycles. The molecule has 5 heteroatoms. The summed E-state index contributed by atoms with van der Waals surface area (Å²) in [5.74, 6) is 0. The fraction of sp³-hybridized carbons (Fsp3) is 0.118. The predicted octanol–water partition coefficient (Wildman–Crippen LogP) is 6.80.